The molecule has 0 amide bonds. The number of aryl methyl sites for hydroxylation is 1. The van der Waals surface area contributed by atoms with Crippen molar-refractivity contribution in [2.45, 2.75) is 13.1 Å². The number of imidazole rings is 1. The monoisotopic (exact) mass is 286 g/mol. The highest BCUT2D eigenvalue weighted by Gasteiger charge is 2.34. The SMILES string of the molecule is Cc1cn(N=Cc2cccc(C(F)(F)F)c2F)c(N)n1. The molecule has 8 heteroatoms. The topological polar surface area (TPSA) is 56.2 Å². The fourth-order valence-electron chi connectivity index (χ4n) is 1.59. The standard InChI is InChI=1S/C12H10F4N4/c1-7-6-20(11(17)19-7)18-5-8-3-2-4-9(10(8)13)12(14,15)16/h2-6H,1H3,(H2,17,19). The number of nitrogens with two attached hydrogens (primary N) is 1. The van der Waals surface area contributed by atoms with Gasteiger partial charge in [-0.1, -0.05) is 12.1 Å². The average molecular weight is 286 g/mol. The van der Waals surface area contributed by atoms with E-state index in [1.807, 2.05) is 0 Å². The third kappa shape index (κ3) is 2.79. The molecular weight excluding hydrogens is 276 g/mol. The molecule has 2 rings (SSSR count). The maximum absolute atomic E-state index is 13.7. The molecule has 0 spiro atoms. The summed E-state index contributed by atoms with van der Waals surface area (Å²) in [6, 6.07) is 2.96. The molecule has 0 fully saturated rings. The van der Waals surface area contributed by atoms with E-state index in [0.29, 0.717) is 11.8 Å². The van der Waals surface area contributed by atoms with E-state index in [2.05, 4.69) is 10.1 Å². The predicted molar refractivity (Wildman–Crippen MR) is 65.8 cm³/mol. The Labute approximate surface area is 111 Å². The van der Waals surface area contributed by atoms with Crippen LogP contribution in [0, 0.1) is 12.7 Å². The van der Waals surface area contributed by atoms with Gasteiger partial charge in [0.15, 0.2) is 0 Å². The summed E-state index contributed by atoms with van der Waals surface area (Å²) in [7, 11) is 0. The maximum atomic E-state index is 13.7. The second-order valence-electron chi connectivity index (χ2n) is 4.04. The van der Waals surface area contributed by atoms with Gasteiger partial charge < -0.3 is 5.73 Å². The first-order valence-corrected chi connectivity index (χ1v) is 5.50. The smallest absolute Gasteiger partial charge is 0.368 e. The molecule has 2 N–H and O–H groups in total. The zero-order chi connectivity index (χ0) is 14.9. The van der Waals surface area contributed by atoms with Gasteiger partial charge in [-0.05, 0) is 13.0 Å². The third-order valence-electron chi connectivity index (χ3n) is 2.49. The summed E-state index contributed by atoms with van der Waals surface area (Å²) in [5.41, 5.74) is 4.47. The first kappa shape index (κ1) is 14.0. The number of nitrogens with zero attached hydrogens (tertiary/aromatic N) is 3. The Morgan fingerprint density at radius 3 is 2.60 bits per heavy atom. The lowest BCUT2D eigenvalue weighted by molar-refractivity contribution is -0.140. The molecule has 0 unspecified atom stereocenters. The summed E-state index contributed by atoms with van der Waals surface area (Å²) in [5, 5.41) is 3.78. The summed E-state index contributed by atoms with van der Waals surface area (Å²) in [4.78, 5) is 3.86. The van der Waals surface area contributed by atoms with Crippen molar-refractivity contribution < 1.29 is 17.6 Å². The molecule has 1 heterocycles. The number of aromatic nitrogens is 2. The molecular formula is C12H10F4N4. The second-order valence-corrected chi connectivity index (χ2v) is 4.04. The molecule has 0 saturated heterocycles. The minimum absolute atomic E-state index is 0.0612. The van der Waals surface area contributed by atoms with Crippen LogP contribution in [-0.4, -0.2) is 15.9 Å². The maximum Gasteiger partial charge on any atom is 0.419 e. The van der Waals surface area contributed by atoms with E-state index in [9.17, 15) is 17.6 Å². The zero-order valence-corrected chi connectivity index (χ0v) is 10.3. The Morgan fingerprint density at radius 1 is 1.35 bits per heavy atom. The molecule has 0 saturated carbocycles. The lowest BCUT2D eigenvalue weighted by atomic mass is 10.1. The van der Waals surface area contributed by atoms with Crippen LogP contribution in [0.1, 0.15) is 16.8 Å². The molecule has 0 radical (unpaired) electrons. The van der Waals surface area contributed by atoms with Crippen LogP contribution in [0.2, 0.25) is 0 Å². The molecule has 0 atom stereocenters. The van der Waals surface area contributed by atoms with E-state index >= 15 is 0 Å². The summed E-state index contributed by atoms with van der Waals surface area (Å²) in [6.45, 7) is 1.67. The Hall–Kier alpha value is -2.38. The van der Waals surface area contributed by atoms with Crippen molar-refractivity contribution in [3.05, 3.63) is 47.0 Å². The lowest BCUT2D eigenvalue weighted by Gasteiger charge is -2.08. The van der Waals surface area contributed by atoms with E-state index in [0.717, 1.165) is 17.0 Å². The minimum atomic E-state index is -4.75. The number of alkyl halides is 3. The molecule has 1 aromatic carbocycles. The van der Waals surface area contributed by atoms with Gasteiger partial charge in [0.05, 0.1) is 23.7 Å². The van der Waals surface area contributed by atoms with Crippen molar-refractivity contribution in [2.24, 2.45) is 5.10 Å². The van der Waals surface area contributed by atoms with Gasteiger partial charge in [0, 0.05) is 5.56 Å². The van der Waals surface area contributed by atoms with Crippen molar-refractivity contribution in [1.29, 1.82) is 0 Å². The Morgan fingerprint density at radius 2 is 2.05 bits per heavy atom. The van der Waals surface area contributed by atoms with Gasteiger partial charge in [0.25, 0.3) is 0 Å². The summed E-state index contributed by atoms with van der Waals surface area (Å²) in [6.07, 6.45) is -2.32. The van der Waals surface area contributed by atoms with Gasteiger partial charge in [-0.15, -0.1) is 0 Å². The number of hydrogen-bond acceptors (Lipinski definition) is 3. The van der Waals surface area contributed by atoms with Gasteiger partial charge in [0.2, 0.25) is 5.95 Å². The molecule has 1 aromatic heterocycles. The highest BCUT2D eigenvalue weighted by atomic mass is 19.4. The molecule has 2 aromatic rings. The lowest BCUT2D eigenvalue weighted by Crippen LogP contribution is -2.10. The van der Waals surface area contributed by atoms with E-state index in [1.165, 1.54) is 12.3 Å². The van der Waals surface area contributed by atoms with E-state index < -0.39 is 17.6 Å². The van der Waals surface area contributed by atoms with Crippen LogP contribution in [0.5, 0.6) is 0 Å². The fourth-order valence-corrected chi connectivity index (χ4v) is 1.59. The molecule has 0 aliphatic carbocycles. The largest absolute Gasteiger partial charge is 0.419 e. The highest BCUT2D eigenvalue weighted by Crippen LogP contribution is 2.31. The number of benzene rings is 1. The molecule has 4 nitrogen and oxygen atoms in total. The first-order chi connectivity index (χ1) is 9.29. The molecule has 20 heavy (non-hydrogen) atoms. The summed E-state index contributed by atoms with van der Waals surface area (Å²) < 4.78 is 52.5. The average Bonchev–Trinajstić information content (AvgIpc) is 2.65. The van der Waals surface area contributed by atoms with Crippen LogP contribution >= 0.6 is 0 Å². The third-order valence-corrected chi connectivity index (χ3v) is 2.49. The summed E-state index contributed by atoms with van der Waals surface area (Å²) in [5.74, 6) is -1.31. The van der Waals surface area contributed by atoms with Gasteiger partial charge in [-0.2, -0.15) is 18.3 Å². The second kappa shape index (κ2) is 4.95. The van der Waals surface area contributed by atoms with Crippen molar-refractivity contribution in [3.63, 3.8) is 0 Å². The minimum Gasteiger partial charge on any atom is -0.368 e. The van der Waals surface area contributed by atoms with E-state index in [4.69, 9.17) is 5.73 Å². The van der Waals surface area contributed by atoms with E-state index in [-0.39, 0.29) is 11.5 Å². The number of anilines is 1. The Balaban J connectivity index is 2.37. The highest BCUT2D eigenvalue weighted by molar-refractivity contribution is 5.80. The number of halogens is 4. The summed E-state index contributed by atoms with van der Waals surface area (Å²) >= 11 is 0. The number of hydrogen-bond donors (Lipinski definition) is 1. The van der Waals surface area contributed by atoms with Crippen LogP contribution in [0.3, 0.4) is 0 Å². The van der Waals surface area contributed by atoms with Crippen molar-refractivity contribution in [1.82, 2.24) is 9.66 Å². The van der Waals surface area contributed by atoms with Gasteiger partial charge >= 0.3 is 6.18 Å². The number of rotatable bonds is 2. The van der Waals surface area contributed by atoms with Crippen molar-refractivity contribution >= 4 is 12.2 Å². The van der Waals surface area contributed by atoms with Gasteiger partial charge in [0.1, 0.15) is 5.82 Å². The van der Waals surface area contributed by atoms with Crippen molar-refractivity contribution in [3.8, 4) is 0 Å². The van der Waals surface area contributed by atoms with Crippen LogP contribution in [0.15, 0.2) is 29.5 Å². The van der Waals surface area contributed by atoms with Crippen molar-refractivity contribution in [2.75, 3.05) is 5.73 Å². The van der Waals surface area contributed by atoms with Crippen LogP contribution in [-0.2, 0) is 6.18 Å². The van der Waals surface area contributed by atoms with Gasteiger partial charge in [-0.25, -0.2) is 14.1 Å². The Bertz CT molecular complexity index is 658. The Kier molecular flexibility index (Phi) is 3.47. The van der Waals surface area contributed by atoms with Crippen LogP contribution < -0.4 is 5.73 Å². The van der Waals surface area contributed by atoms with Crippen LogP contribution in [0.4, 0.5) is 23.5 Å². The molecule has 106 valence electrons. The van der Waals surface area contributed by atoms with Gasteiger partial charge in [-0.3, -0.25) is 0 Å². The molecule has 0 aliphatic heterocycles. The molecule has 0 aliphatic rings. The normalized spacial score (nSPS) is 12.2. The van der Waals surface area contributed by atoms with E-state index in [1.54, 1.807) is 6.92 Å². The zero-order valence-electron chi connectivity index (χ0n) is 10.3. The molecule has 0 bridgehead atoms. The predicted octanol–water partition coefficient (Wildman–Crippen LogP) is 2.81. The first-order valence-electron chi connectivity index (χ1n) is 5.50. The van der Waals surface area contributed by atoms with Crippen LogP contribution in [0.25, 0.3) is 0 Å². The fraction of sp³-hybridized carbons (Fsp3) is 0.167. The number of nitrogen functional groups attached to an aromatic ring is 1. The quantitative estimate of drug-likeness (QED) is 0.681.